The van der Waals surface area contributed by atoms with Crippen molar-refractivity contribution in [3.63, 3.8) is 0 Å². The van der Waals surface area contributed by atoms with Crippen LogP contribution < -0.4 is 5.73 Å². The van der Waals surface area contributed by atoms with Gasteiger partial charge in [-0.1, -0.05) is 80.5 Å². The van der Waals surface area contributed by atoms with Crippen LogP contribution >= 0.6 is 0 Å². The minimum Gasteiger partial charge on any atom is -0.462 e. The summed E-state index contributed by atoms with van der Waals surface area (Å²) >= 11 is 0. The molecule has 2 N–H and O–H groups in total. The Morgan fingerprint density at radius 1 is 0.714 bits per heavy atom. The van der Waals surface area contributed by atoms with Gasteiger partial charge in [0, 0.05) is 17.4 Å². The molecule has 0 aromatic heterocycles. The van der Waals surface area contributed by atoms with Crippen molar-refractivity contribution >= 4 is 17.9 Å². The molecule has 0 radical (unpaired) electrons. The molecule has 0 saturated carbocycles. The summed E-state index contributed by atoms with van der Waals surface area (Å²) in [4.78, 5) is 40.6. The topological polar surface area (TPSA) is 108 Å². The van der Waals surface area contributed by atoms with Crippen LogP contribution in [0.25, 0.3) is 0 Å². The molecule has 0 aromatic carbocycles. The van der Waals surface area contributed by atoms with Crippen LogP contribution in [-0.4, -0.2) is 68.3 Å². The van der Waals surface area contributed by atoms with E-state index in [-0.39, 0.29) is 42.5 Å². The number of rotatable bonds is 23. The summed E-state index contributed by atoms with van der Waals surface area (Å²) in [5.74, 6) is 0.119. The molecular weight excluding hydrogens is 616 g/mol. The molecule has 0 aromatic rings. The molecule has 286 valence electrons. The Bertz CT molecular complexity index is 1080. The lowest BCUT2D eigenvalue weighted by Gasteiger charge is -2.43. The summed E-state index contributed by atoms with van der Waals surface area (Å²) in [5, 5.41) is 0. The first-order valence-corrected chi connectivity index (χ1v) is 18.5. The van der Waals surface area contributed by atoms with Crippen molar-refractivity contribution in [3.8, 4) is 0 Å². The fourth-order valence-corrected chi connectivity index (χ4v) is 7.52. The Morgan fingerprint density at radius 3 is 1.59 bits per heavy atom. The molecule has 3 unspecified atom stereocenters. The average molecular weight is 693 g/mol. The van der Waals surface area contributed by atoms with E-state index in [4.69, 9.17) is 19.9 Å². The van der Waals surface area contributed by atoms with Crippen molar-refractivity contribution in [1.29, 1.82) is 0 Å². The second-order valence-electron chi connectivity index (χ2n) is 18.6. The maximum absolute atomic E-state index is 13.2. The number of nitrogens with two attached hydrogens (primary N) is 1. The Kier molecular flexibility index (Phi) is 19.1. The lowest BCUT2D eigenvalue weighted by atomic mass is 9.67. The molecule has 0 spiro atoms. The highest BCUT2D eigenvalue weighted by Gasteiger charge is 2.41. The molecule has 0 amide bonds. The van der Waals surface area contributed by atoms with Crippen LogP contribution in [-0.2, 0) is 28.6 Å². The van der Waals surface area contributed by atoms with E-state index in [9.17, 15) is 14.4 Å². The van der Waals surface area contributed by atoms with E-state index in [0.29, 0.717) is 24.7 Å². The molecule has 8 heteroatoms. The summed E-state index contributed by atoms with van der Waals surface area (Å²) in [7, 11) is 3.98. The number of esters is 3. The molecule has 0 bridgehead atoms. The monoisotopic (exact) mass is 693 g/mol. The lowest BCUT2D eigenvalue weighted by molar-refractivity contribution is -0.161. The number of carbonyl (C=O) groups excluding carboxylic acids is 3. The Morgan fingerprint density at radius 2 is 1.16 bits per heavy atom. The van der Waals surface area contributed by atoms with Gasteiger partial charge < -0.3 is 24.8 Å². The smallest absolute Gasteiger partial charge is 0.311 e. The zero-order valence-electron chi connectivity index (χ0n) is 34.5. The average Bonchev–Trinajstić information content (AvgIpc) is 2.89. The summed E-state index contributed by atoms with van der Waals surface area (Å²) in [6.45, 7) is 29.9. The van der Waals surface area contributed by atoms with Crippen molar-refractivity contribution < 1.29 is 28.6 Å². The first-order valence-electron chi connectivity index (χ1n) is 18.5. The third kappa shape index (κ3) is 19.7. The van der Waals surface area contributed by atoms with Gasteiger partial charge in [-0.15, -0.1) is 0 Å². The second kappa shape index (κ2) is 20.0. The van der Waals surface area contributed by atoms with Crippen LogP contribution in [0, 0.1) is 39.4 Å². The third-order valence-electron chi connectivity index (χ3n) is 8.84. The molecule has 0 aliphatic rings. The van der Waals surface area contributed by atoms with E-state index >= 15 is 0 Å². The lowest BCUT2D eigenvalue weighted by Crippen LogP contribution is -2.45. The van der Waals surface area contributed by atoms with Gasteiger partial charge in [-0.05, 0) is 117 Å². The van der Waals surface area contributed by atoms with E-state index in [1.807, 2.05) is 66.9 Å². The van der Waals surface area contributed by atoms with Gasteiger partial charge in [0.05, 0.1) is 10.8 Å². The largest absolute Gasteiger partial charge is 0.462 e. The normalized spacial score (nSPS) is 16.0. The fourth-order valence-electron chi connectivity index (χ4n) is 7.52. The molecule has 0 saturated heterocycles. The van der Waals surface area contributed by atoms with E-state index in [1.165, 1.54) is 0 Å². The molecular formula is C41H76N2O6. The molecule has 0 fully saturated rings. The number of nitrogens with zero attached hydrogens (tertiary/aromatic N) is 1. The van der Waals surface area contributed by atoms with Crippen molar-refractivity contribution in [1.82, 2.24) is 4.90 Å². The van der Waals surface area contributed by atoms with Gasteiger partial charge in [-0.25, -0.2) is 0 Å². The number of hydrogen-bond donors (Lipinski definition) is 1. The Balaban J connectivity index is 5.78. The zero-order valence-corrected chi connectivity index (χ0v) is 34.5. The van der Waals surface area contributed by atoms with Crippen LogP contribution in [0.3, 0.4) is 0 Å². The van der Waals surface area contributed by atoms with Crippen LogP contribution in [0.5, 0.6) is 0 Å². The molecule has 0 heterocycles. The van der Waals surface area contributed by atoms with Crippen LogP contribution in [0.4, 0.5) is 0 Å². The van der Waals surface area contributed by atoms with Crippen LogP contribution in [0.15, 0.2) is 24.3 Å². The molecule has 0 aliphatic carbocycles. The van der Waals surface area contributed by atoms with Gasteiger partial charge in [-0.3, -0.25) is 14.4 Å². The SMILES string of the molecule is CC(C)CC(C)(C)C(=O)OC/C=C/C(C)(C)CC(C)(C)C(OC(=O)CCCN(C)C)C(C)CC(C)(N)/C=C/COC(=O)C(C)(C)CC(C)C. The van der Waals surface area contributed by atoms with E-state index in [2.05, 4.69) is 73.3 Å². The summed E-state index contributed by atoms with van der Waals surface area (Å²) < 4.78 is 17.5. The van der Waals surface area contributed by atoms with Gasteiger partial charge in [0.1, 0.15) is 19.3 Å². The standard InChI is InChI=1S/C41H76N2O6/c1-30(2)26-38(8,9)35(45)47-24-18-21-37(6,7)29-40(12,13)34(49-33(44)20-17-23-43(15)16)32(5)28-41(14,42)22-19-25-48-36(46)39(10,11)27-31(3)4/h18-19,21-22,30-32,34H,17,20,23-29,42H2,1-16H3/b21-18+,22-19+. The van der Waals surface area contributed by atoms with Gasteiger partial charge in [0.2, 0.25) is 0 Å². The molecule has 3 atom stereocenters. The first-order chi connectivity index (χ1) is 22.1. The second-order valence-corrected chi connectivity index (χ2v) is 18.6. The van der Waals surface area contributed by atoms with Gasteiger partial charge in [0.15, 0.2) is 0 Å². The van der Waals surface area contributed by atoms with Crippen molar-refractivity contribution in [2.45, 2.75) is 147 Å². The Hall–Kier alpha value is -2.19. The van der Waals surface area contributed by atoms with Crippen molar-refractivity contribution in [2.75, 3.05) is 33.9 Å². The number of allylic oxidation sites excluding steroid dienone is 1. The maximum atomic E-state index is 13.2. The summed E-state index contributed by atoms with van der Waals surface area (Å²) in [6, 6.07) is 0. The molecule has 0 aliphatic heterocycles. The van der Waals surface area contributed by atoms with Crippen molar-refractivity contribution in [3.05, 3.63) is 24.3 Å². The van der Waals surface area contributed by atoms with Crippen molar-refractivity contribution in [2.24, 2.45) is 45.1 Å². The quantitative estimate of drug-likeness (QED) is 0.0643. The van der Waals surface area contributed by atoms with Gasteiger partial charge in [0.25, 0.3) is 0 Å². The third-order valence-corrected chi connectivity index (χ3v) is 8.84. The molecule has 8 nitrogen and oxygen atoms in total. The minimum atomic E-state index is -0.715. The predicted octanol–water partition coefficient (Wildman–Crippen LogP) is 8.77. The zero-order chi connectivity index (χ0) is 38.4. The van der Waals surface area contributed by atoms with E-state index in [1.54, 1.807) is 0 Å². The van der Waals surface area contributed by atoms with Gasteiger partial charge in [-0.2, -0.15) is 0 Å². The number of ether oxygens (including phenoxy) is 3. The number of carbonyl (C=O) groups is 3. The summed E-state index contributed by atoms with van der Waals surface area (Å²) in [6.07, 6.45) is 11.2. The minimum absolute atomic E-state index is 0.0658. The molecule has 0 rings (SSSR count). The summed E-state index contributed by atoms with van der Waals surface area (Å²) in [5.41, 5.74) is 4.32. The number of hydrogen-bond acceptors (Lipinski definition) is 8. The first kappa shape index (κ1) is 46.8. The highest BCUT2D eigenvalue weighted by molar-refractivity contribution is 5.76. The maximum Gasteiger partial charge on any atom is 0.311 e. The highest BCUT2D eigenvalue weighted by Crippen LogP contribution is 2.42. The Labute approximate surface area is 301 Å². The molecule has 49 heavy (non-hydrogen) atoms. The fraction of sp³-hybridized carbons (Fsp3) is 0.829. The van der Waals surface area contributed by atoms with E-state index in [0.717, 1.165) is 32.2 Å². The van der Waals surface area contributed by atoms with Crippen LogP contribution in [0.2, 0.25) is 0 Å². The highest BCUT2D eigenvalue weighted by atomic mass is 16.5. The van der Waals surface area contributed by atoms with Gasteiger partial charge >= 0.3 is 17.9 Å². The predicted molar refractivity (Wildman–Crippen MR) is 203 cm³/mol. The van der Waals surface area contributed by atoms with E-state index < -0.39 is 27.9 Å². The van der Waals surface area contributed by atoms with Crippen LogP contribution in [0.1, 0.15) is 135 Å².